The molecule has 1 aromatic heterocycles. The molecular weight excluding hydrogens is 218 g/mol. The van der Waals surface area contributed by atoms with Crippen molar-refractivity contribution in [3.8, 4) is 5.75 Å². The van der Waals surface area contributed by atoms with E-state index in [1.807, 2.05) is 12.1 Å². The van der Waals surface area contributed by atoms with Crippen LogP contribution in [0.15, 0.2) is 23.4 Å². The number of aromatic nitrogens is 1. The molecule has 0 saturated carbocycles. The third kappa shape index (κ3) is 3.76. The maximum absolute atomic E-state index is 5.71. The van der Waals surface area contributed by atoms with Gasteiger partial charge in [0.2, 0.25) is 0 Å². The molecular formula is C10H14ClNOS. The zero-order valence-electron chi connectivity index (χ0n) is 8.37. The predicted octanol–water partition coefficient (Wildman–Crippen LogP) is 3.06. The van der Waals surface area contributed by atoms with E-state index in [-0.39, 0.29) is 0 Å². The topological polar surface area (TPSA) is 22.1 Å². The first-order chi connectivity index (χ1) is 6.76. The number of ether oxygens (including phenoxy) is 1. The molecule has 2 nitrogen and oxygen atoms in total. The van der Waals surface area contributed by atoms with E-state index in [9.17, 15) is 0 Å². The van der Waals surface area contributed by atoms with Crippen LogP contribution in [0.25, 0.3) is 0 Å². The molecule has 0 aliphatic heterocycles. The van der Waals surface area contributed by atoms with Crippen molar-refractivity contribution in [1.29, 1.82) is 0 Å². The highest BCUT2D eigenvalue weighted by Gasteiger charge is 2.02. The van der Waals surface area contributed by atoms with E-state index < -0.39 is 0 Å². The quantitative estimate of drug-likeness (QED) is 0.575. The first kappa shape index (κ1) is 11.7. The minimum Gasteiger partial charge on any atom is -0.495 e. The molecule has 0 spiro atoms. The zero-order chi connectivity index (χ0) is 10.4. The molecule has 0 bridgehead atoms. The Morgan fingerprint density at radius 2 is 2.36 bits per heavy atom. The van der Waals surface area contributed by atoms with Gasteiger partial charge in [-0.05, 0) is 18.1 Å². The Kier molecular flexibility index (Phi) is 5.12. The van der Waals surface area contributed by atoms with Crippen LogP contribution in [0.5, 0.6) is 5.75 Å². The lowest BCUT2D eigenvalue weighted by molar-refractivity contribution is 0.412. The lowest BCUT2D eigenvalue weighted by Crippen LogP contribution is -1.99. The summed E-state index contributed by atoms with van der Waals surface area (Å²) in [5.41, 5.74) is 0. The van der Waals surface area contributed by atoms with Gasteiger partial charge < -0.3 is 4.74 Å². The summed E-state index contributed by atoms with van der Waals surface area (Å²) >= 11 is 7.43. The third-order valence-corrected chi connectivity index (χ3v) is 3.52. The number of nitrogens with zero attached hydrogens (tertiary/aromatic N) is 1. The fourth-order valence-electron chi connectivity index (χ4n) is 0.845. The van der Waals surface area contributed by atoms with Crippen LogP contribution in [0.1, 0.15) is 6.92 Å². The summed E-state index contributed by atoms with van der Waals surface area (Å²) in [5, 5.41) is 1.02. The first-order valence-corrected chi connectivity index (χ1v) is 5.97. The summed E-state index contributed by atoms with van der Waals surface area (Å²) in [6, 6.07) is 3.88. The molecule has 1 atom stereocenters. The molecule has 0 fully saturated rings. The van der Waals surface area contributed by atoms with Gasteiger partial charge in [0.1, 0.15) is 5.75 Å². The maximum Gasteiger partial charge on any atom is 0.137 e. The van der Waals surface area contributed by atoms with Crippen molar-refractivity contribution in [2.24, 2.45) is 5.92 Å². The Morgan fingerprint density at radius 3 is 2.86 bits per heavy atom. The van der Waals surface area contributed by atoms with Crippen molar-refractivity contribution < 1.29 is 4.74 Å². The Morgan fingerprint density at radius 1 is 1.57 bits per heavy atom. The number of rotatable bonds is 5. The molecule has 78 valence electrons. The molecule has 0 saturated heterocycles. The summed E-state index contributed by atoms with van der Waals surface area (Å²) in [6.45, 7) is 2.13. The van der Waals surface area contributed by atoms with Crippen LogP contribution in [0.3, 0.4) is 0 Å². The van der Waals surface area contributed by atoms with Crippen LogP contribution >= 0.6 is 23.4 Å². The molecule has 1 heterocycles. The fourth-order valence-corrected chi connectivity index (χ4v) is 1.95. The van der Waals surface area contributed by atoms with Crippen LogP contribution in [0, 0.1) is 5.92 Å². The first-order valence-electron chi connectivity index (χ1n) is 4.45. The van der Waals surface area contributed by atoms with Crippen molar-refractivity contribution in [2.45, 2.75) is 11.9 Å². The van der Waals surface area contributed by atoms with Gasteiger partial charge in [-0.3, -0.25) is 0 Å². The van der Waals surface area contributed by atoms with E-state index in [0.717, 1.165) is 16.5 Å². The Balaban J connectivity index is 2.43. The number of hydrogen-bond donors (Lipinski definition) is 0. The molecule has 1 rings (SSSR count). The van der Waals surface area contributed by atoms with Crippen LogP contribution in [0.2, 0.25) is 0 Å². The average Bonchev–Trinajstić information content (AvgIpc) is 2.26. The van der Waals surface area contributed by atoms with Gasteiger partial charge in [-0.25, -0.2) is 4.98 Å². The summed E-state index contributed by atoms with van der Waals surface area (Å²) < 4.78 is 5.02. The molecule has 0 aliphatic carbocycles. The molecule has 0 radical (unpaired) electrons. The normalized spacial score (nSPS) is 12.5. The van der Waals surface area contributed by atoms with E-state index in [1.54, 1.807) is 25.1 Å². The monoisotopic (exact) mass is 231 g/mol. The van der Waals surface area contributed by atoms with Crippen LogP contribution < -0.4 is 4.74 Å². The largest absolute Gasteiger partial charge is 0.495 e. The molecule has 0 aromatic carbocycles. The minimum atomic E-state index is 0.519. The van der Waals surface area contributed by atoms with E-state index >= 15 is 0 Å². The van der Waals surface area contributed by atoms with Crippen LogP contribution in [0.4, 0.5) is 0 Å². The van der Waals surface area contributed by atoms with Crippen LogP contribution in [-0.2, 0) is 0 Å². The van der Waals surface area contributed by atoms with Gasteiger partial charge in [0.05, 0.1) is 18.3 Å². The maximum atomic E-state index is 5.71. The molecule has 14 heavy (non-hydrogen) atoms. The van der Waals surface area contributed by atoms with Gasteiger partial charge in [0.25, 0.3) is 0 Å². The number of halogens is 1. The van der Waals surface area contributed by atoms with E-state index in [0.29, 0.717) is 11.8 Å². The van der Waals surface area contributed by atoms with Gasteiger partial charge in [-0.15, -0.1) is 23.4 Å². The molecule has 1 aromatic rings. The van der Waals surface area contributed by atoms with Crippen molar-refractivity contribution in [2.75, 3.05) is 18.7 Å². The lowest BCUT2D eigenvalue weighted by atomic mass is 10.3. The second-order valence-corrected chi connectivity index (χ2v) is 4.46. The number of hydrogen-bond acceptors (Lipinski definition) is 3. The number of alkyl halides is 1. The van der Waals surface area contributed by atoms with E-state index in [4.69, 9.17) is 16.3 Å². The molecule has 0 amide bonds. The third-order valence-electron chi connectivity index (χ3n) is 1.72. The predicted molar refractivity (Wildman–Crippen MR) is 61.4 cm³/mol. The number of pyridine rings is 1. The molecule has 0 N–H and O–H groups in total. The van der Waals surface area contributed by atoms with Crippen molar-refractivity contribution >= 4 is 23.4 Å². The van der Waals surface area contributed by atoms with Gasteiger partial charge in [-0.1, -0.05) is 6.92 Å². The highest BCUT2D eigenvalue weighted by molar-refractivity contribution is 7.99. The van der Waals surface area contributed by atoms with Gasteiger partial charge in [0.15, 0.2) is 0 Å². The number of thioether (sulfide) groups is 1. The van der Waals surface area contributed by atoms with Crippen LogP contribution in [-0.4, -0.2) is 23.7 Å². The van der Waals surface area contributed by atoms with Crippen molar-refractivity contribution in [3.63, 3.8) is 0 Å². The second-order valence-electron chi connectivity index (χ2n) is 3.11. The minimum absolute atomic E-state index is 0.519. The fraction of sp³-hybridized carbons (Fsp3) is 0.500. The van der Waals surface area contributed by atoms with Gasteiger partial charge >= 0.3 is 0 Å². The highest BCUT2D eigenvalue weighted by atomic mass is 35.5. The smallest absolute Gasteiger partial charge is 0.137 e. The lowest BCUT2D eigenvalue weighted by Gasteiger charge is -2.06. The van der Waals surface area contributed by atoms with E-state index in [1.165, 1.54) is 0 Å². The summed E-state index contributed by atoms with van der Waals surface area (Å²) in [7, 11) is 1.64. The molecule has 0 aliphatic rings. The second kappa shape index (κ2) is 6.14. The van der Waals surface area contributed by atoms with Gasteiger partial charge in [-0.2, -0.15) is 0 Å². The SMILES string of the molecule is COc1ccc(SCC(C)CCl)nc1. The number of methoxy groups -OCH3 is 1. The standard InChI is InChI=1S/C10H14ClNOS/c1-8(5-11)7-14-10-4-3-9(13-2)6-12-10/h3-4,6,8H,5,7H2,1-2H3. The van der Waals surface area contributed by atoms with Gasteiger partial charge in [0, 0.05) is 11.6 Å². The summed E-state index contributed by atoms with van der Waals surface area (Å²) in [4.78, 5) is 4.25. The highest BCUT2D eigenvalue weighted by Crippen LogP contribution is 2.20. The van der Waals surface area contributed by atoms with Crippen molar-refractivity contribution in [1.82, 2.24) is 4.98 Å². The molecule has 4 heteroatoms. The Hall–Kier alpha value is -0.410. The average molecular weight is 232 g/mol. The summed E-state index contributed by atoms with van der Waals surface area (Å²) in [6.07, 6.45) is 1.73. The zero-order valence-corrected chi connectivity index (χ0v) is 9.94. The Labute approximate surface area is 94.0 Å². The Bertz CT molecular complexity index is 265. The molecule has 1 unspecified atom stereocenters. The summed E-state index contributed by atoms with van der Waals surface area (Å²) in [5.74, 6) is 3.01. The van der Waals surface area contributed by atoms with Crippen molar-refractivity contribution in [3.05, 3.63) is 18.3 Å². The van der Waals surface area contributed by atoms with E-state index in [2.05, 4.69) is 11.9 Å².